The van der Waals surface area contributed by atoms with Gasteiger partial charge in [0.15, 0.2) is 0 Å². The van der Waals surface area contributed by atoms with Crippen LogP contribution >= 0.6 is 0 Å². The third-order valence-electron chi connectivity index (χ3n) is 8.84. The quantitative estimate of drug-likeness (QED) is 0.754. The molecule has 4 nitrogen and oxygen atoms in total. The van der Waals surface area contributed by atoms with E-state index in [1.807, 2.05) is 18.2 Å². The highest BCUT2D eigenvalue weighted by molar-refractivity contribution is 5.47. The van der Waals surface area contributed by atoms with Crippen molar-refractivity contribution in [2.75, 3.05) is 13.1 Å². The van der Waals surface area contributed by atoms with Crippen LogP contribution in [0.1, 0.15) is 54.4 Å². The number of hydrogen-bond donors (Lipinski definition) is 2. The van der Waals surface area contributed by atoms with Crippen LogP contribution in [-0.4, -0.2) is 52.1 Å². The van der Waals surface area contributed by atoms with E-state index >= 15 is 0 Å². The molecule has 5 atom stereocenters. The summed E-state index contributed by atoms with van der Waals surface area (Å²) in [5, 5.41) is 23.8. The molecule has 3 fully saturated rings. The molecule has 6 rings (SSSR count). The van der Waals surface area contributed by atoms with E-state index in [2.05, 4.69) is 42.2 Å². The van der Waals surface area contributed by atoms with E-state index in [4.69, 9.17) is 4.74 Å². The Kier molecular flexibility index (Phi) is 4.99. The van der Waals surface area contributed by atoms with Crippen molar-refractivity contribution in [1.82, 2.24) is 4.90 Å². The molecule has 170 valence electrons. The van der Waals surface area contributed by atoms with Crippen molar-refractivity contribution in [3.63, 3.8) is 0 Å². The number of fused-ring (bicyclic) bond motifs is 1. The second kappa shape index (κ2) is 7.66. The number of aliphatic hydroxyl groups is 2. The van der Waals surface area contributed by atoms with Gasteiger partial charge in [-0.25, -0.2) is 0 Å². The molecule has 2 bridgehead atoms. The minimum absolute atomic E-state index is 0.0994. The second-order valence-electron chi connectivity index (χ2n) is 10.9. The van der Waals surface area contributed by atoms with Gasteiger partial charge in [0.05, 0.1) is 24.4 Å². The molecule has 1 saturated heterocycles. The Bertz CT molecular complexity index is 989. The lowest BCUT2D eigenvalue weighted by molar-refractivity contribution is -0.220. The van der Waals surface area contributed by atoms with Crippen molar-refractivity contribution in [3.8, 4) is 0 Å². The number of hydrogen-bond acceptors (Lipinski definition) is 4. The van der Waals surface area contributed by atoms with Crippen molar-refractivity contribution >= 4 is 0 Å². The summed E-state index contributed by atoms with van der Waals surface area (Å²) in [6.45, 7) is 4.72. The average molecular weight is 434 g/mol. The largest absolute Gasteiger partial charge is 0.390 e. The predicted molar refractivity (Wildman–Crippen MR) is 124 cm³/mol. The van der Waals surface area contributed by atoms with E-state index in [-0.39, 0.29) is 17.6 Å². The zero-order chi connectivity index (χ0) is 21.9. The summed E-state index contributed by atoms with van der Waals surface area (Å²) in [6, 6.07) is 17.0. The van der Waals surface area contributed by atoms with E-state index < -0.39 is 11.7 Å². The first-order chi connectivity index (χ1) is 15.5. The van der Waals surface area contributed by atoms with Crippen LogP contribution in [-0.2, 0) is 23.2 Å². The van der Waals surface area contributed by atoms with Crippen LogP contribution in [0, 0.1) is 12.8 Å². The molecule has 2 aromatic rings. The number of ether oxygens (including phenoxy) is 1. The highest BCUT2D eigenvalue weighted by Crippen LogP contribution is 2.59. The summed E-state index contributed by atoms with van der Waals surface area (Å²) in [4.78, 5) is 2.57. The third kappa shape index (κ3) is 3.27. The number of likely N-dealkylation sites (tertiary alicyclic amines) is 1. The molecule has 0 aromatic heterocycles. The number of aryl methyl sites for hydroxylation is 1. The van der Waals surface area contributed by atoms with Gasteiger partial charge in [0, 0.05) is 24.4 Å². The molecule has 3 aliphatic carbocycles. The Hall–Kier alpha value is -1.72. The fourth-order valence-corrected chi connectivity index (χ4v) is 6.97. The maximum Gasteiger partial charge on any atom is 0.0928 e. The molecule has 4 aliphatic rings. The third-order valence-corrected chi connectivity index (χ3v) is 8.84. The van der Waals surface area contributed by atoms with Crippen LogP contribution < -0.4 is 0 Å². The lowest BCUT2D eigenvalue weighted by atomic mass is 9.48. The van der Waals surface area contributed by atoms with E-state index in [1.165, 1.54) is 29.5 Å². The number of piperidine rings is 1. The fourth-order valence-electron chi connectivity index (χ4n) is 6.97. The Morgan fingerprint density at radius 3 is 2.69 bits per heavy atom. The van der Waals surface area contributed by atoms with Gasteiger partial charge in [0.2, 0.25) is 0 Å². The van der Waals surface area contributed by atoms with Crippen LogP contribution in [0.15, 0.2) is 48.5 Å². The maximum atomic E-state index is 12.6. The van der Waals surface area contributed by atoms with Gasteiger partial charge in [-0.1, -0.05) is 54.1 Å². The van der Waals surface area contributed by atoms with E-state index in [1.54, 1.807) is 0 Å². The Morgan fingerprint density at radius 1 is 1.09 bits per heavy atom. The van der Waals surface area contributed by atoms with Gasteiger partial charge < -0.3 is 14.9 Å². The summed E-state index contributed by atoms with van der Waals surface area (Å²) in [5.74, 6) is 0.796. The predicted octanol–water partition coefficient (Wildman–Crippen LogP) is 3.74. The summed E-state index contributed by atoms with van der Waals surface area (Å²) < 4.78 is 6.27. The first-order valence-corrected chi connectivity index (χ1v) is 12.4. The van der Waals surface area contributed by atoms with Crippen molar-refractivity contribution < 1.29 is 14.9 Å². The van der Waals surface area contributed by atoms with Gasteiger partial charge >= 0.3 is 0 Å². The summed E-state index contributed by atoms with van der Waals surface area (Å²) in [5.41, 5.74) is 3.72. The number of aliphatic hydroxyl groups excluding tert-OH is 1. The van der Waals surface area contributed by atoms with Crippen LogP contribution in [0.3, 0.4) is 0 Å². The molecule has 2 aromatic carbocycles. The molecule has 4 heteroatoms. The summed E-state index contributed by atoms with van der Waals surface area (Å²) in [7, 11) is 0. The first kappa shape index (κ1) is 20.9. The monoisotopic (exact) mass is 433 g/mol. The van der Waals surface area contributed by atoms with Gasteiger partial charge in [0.25, 0.3) is 0 Å². The summed E-state index contributed by atoms with van der Waals surface area (Å²) >= 11 is 0. The standard InChI is InChI=1S/C28H35NO3/c1-19-7-10-22-14-26-28(31)16-25(32-18-21-5-3-2-4-6-21)24(30)15-27(28,23(22)13-19)11-12-29(26)17-20-8-9-20/h2-7,10,13,20,24-26,30-31H,8-9,11-12,14-18H2,1H3/t24?,25?,26-,27-,28-/m1/s1. The second-order valence-corrected chi connectivity index (χ2v) is 10.9. The molecule has 0 amide bonds. The molecular weight excluding hydrogens is 398 g/mol. The van der Waals surface area contributed by atoms with E-state index in [9.17, 15) is 10.2 Å². The minimum atomic E-state index is -0.873. The van der Waals surface area contributed by atoms with Crippen molar-refractivity contribution in [1.29, 1.82) is 0 Å². The highest BCUT2D eigenvalue weighted by Gasteiger charge is 2.66. The normalized spacial score (nSPS) is 36.4. The number of nitrogens with zero attached hydrogens (tertiary/aromatic N) is 1. The molecule has 2 N–H and O–H groups in total. The molecule has 2 saturated carbocycles. The van der Waals surface area contributed by atoms with Crippen LogP contribution in [0.5, 0.6) is 0 Å². The van der Waals surface area contributed by atoms with Crippen LogP contribution in [0.2, 0.25) is 0 Å². The van der Waals surface area contributed by atoms with Gasteiger partial charge in [0.1, 0.15) is 0 Å². The summed E-state index contributed by atoms with van der Waals surface area (Å²) in [6.07, 6.45) is 4.61. The molecule has 32 heavy (non-hydrogen) atoms. The topological polar surface area (TPSA) is 52.9 Å². The van der Waals surface area contributed by atoms with Crippen molar-refractivity contribution in [3.05, 3.63) is 70.8 Å². The van der Waals surface area contributed by atoms with Crippen LogP contribution in [0.25, 0.3) is 0 Å². The Labute approximate surface area is 191 Å². The SMILES string of the molecule is Cc1ccc2c(c1)[C@]13CCN(CC4CC4)[C@H](C2)[C@]1(O)CC(OCc1ccccc1)C(O)C3. The minimum Gasteiger partial charge on any atom is -0.390 e. The van der Waals surface area contributed by atoms with Gasteiger partial charge in [-0.05, 0) is 68.2 Å². The molecular formula is C28H35NO3. The fraction of sp³-hybridized carbons (Fsp3) is 0.571. The molecule has 2 unspecified atom stereocenters. The Balaban J connectivity index is 1.35. The average Bonchev–Trinajstić information content (AvgIpc) is 3.60. The zero-order valence-corrected chi connectivity index (χ0v) is 19.0. The highest BCUT2D eigenvalue weighted by atomic mass is 16.5. The lowest BCUT2D eigenvalue weighted by Gasteiger charge is -2.65. The molecule has 1 aliphatic heterocycles. The van der Waals surface area contributed by atoms with Gasteiger partial charge in [-0.3, -0.25) is 4.90 Å². The van der Waals surface area contributed by atoms with Gasteiger partial charge in [-0.2, -0.15) is 0 Å². The number of benzene rings is 2. The zero-order valence-electron chi connectivity index (χ0n) is 19.0. The van der Waals surface area contributed by atoms with Crippen molar-refractivity contribution in [2.45, 2.75) is 81.3 Å². The smallest absolute Gasteiger partial charge is 0.0928 e. The van der Waals surface area contributed by atoms with E-state index in [0.717, 1.165) is 37.4 Å². The Morgan fingerprint density at radius 2 is 1.91 bits per heavy atom. The molecule has 0 radical (unpaired) electrons. The molecule has 0 spiro atoms. The van der Waals surface area contributed by atoms with E-state index in [0.29, 0.717) is 19.4 Å². The van der Waals surface area contributed by atoms with Gasteiger partial charge in [-0.15, -0.1) is 0 Å². The number of rotatable bonds is 5. The molecule has 1 heterocycles. The maximum absolute atomic E-state index is 12.6. The van der Waals surface area contributed by atoms with Crippen molar-refractivity contribution in [2.24, 2.45) is 5.92 Å². The lowest BCUT2D eigenvalue weighted by Crippen LogP contribution is -2.75. The first-order valence-electron chi connectivity index (χ1n) is 12.4. The van der Waals surface area contributed by atoms with Crippen LogP contribution in [0.4, 0.5) is 0 Å².